The zero-order valence-electron chi connectivity index (χ0n) is 16.2. The normalized spacial score (nSPS) is 16.1. The molecule has 0 aliphatic carbocycles. The maximum atomic E-state index is 12.5. The van der Waals surface area contributed by atoms with Gasteiger partial charge in [0.25, 0.3) is 0 Å². The van der Waals surface area contributed by atoms with Crippen molar-refractivity contribution in [1.82, 2.24) is 19.7 Å². The number of anilines is 2. The highest BCUT2D eigenvalue weighted by Gasteiger charge is 2.32. The quantitative estimate of drug-likeness (QED) is 0.577. The van der Waals surface area contributed by atoms with E-state index in [4.69, 9.17) is 0 Å². The summed E-state index contributed by atoms with van der Waals surface area (Å²) in [6, 6.07) is 7.28. The number of likely N-dealkylation sites (tertiary alicyclic amines) is 1. The molecule has 2 aromatic heterocycles. The van der Waals surface area contributed by atoms with Gasteiger partial charge in [-0.25, -0.2) is 4.79 Å². The molecule has 160 valence electrons. The number of halogens is 3. The number of para-hydroxylation sites is 1. The predicted molar refractivity (Wildman–Crippen MR) is 108 cm³/mol. The third-order valence-electron chi connectivity index (χ3n) is 5.28. The average Bonchev–Trinajstić information content (AvgIpc) is 3.29. The van der Waals surface area contributed by atoms with E-state index in [0.29, 0.717) is 43.9 Å². The lowest BCUT2D eigenvalue weighted by atomic mass is 9.97. The zero-order chi connectivity index (χ0) is 21.1. The second-order valence-corrected chi connectivity index (χ2v) is 7.61. The molecule has 2 amide bonds. The largest absolute Gasteiger partial charge is 0.401 e. The third kappa shape index (κ3) is 5.12. The Morgan fingerprint density at radius 1 is 1.20 bits per heavy atom. The number of piperidine rings is 1. The summed E-state index contributed by atoms with van der Waals surface area (Å²) in [5, 5.41) is 10.7. The van der Waals surface area contributed by atoms with Crippen LogP contribution in [0.15, 0.2) is 42.9 Å². The van der Waals surface area contributed by atoms with Crippen LogP contribution in [-0.4, -0.2) is 51.5 Å². The van der Waals surface area contributed by atoms with Crippen LogP contribution in [0.3, 0.4) is 0 Å². The van der Waals surface area contributed by atoms with Crippen molar-refractivity contribution in [2.45, 2.75) is 25.6 Å². The molecule has 0 bridgehead atoms. The fourth-order valence-electron chi connectivity index (χ4n) is 3.83. The van der Waals surface area contributed by atoms with Crippen molar-refractivity contribution >= 4 is 28.3 Å². The van der Waals surface area contributed by atoms with E-state index in [0.717, 1.165) is 10.9 Å². The first-order valence-electron chi connectivity index (χ1n) is 9.81. The minimum Gasteiger partial charge on any atom is -0.359 e. The molecular weight excluding hydrogens is 397 g/mol. The number of carbonyl (C=O) groups is 1. The molecule has 1 aliphatic rings. The number of carbonyl (C=O) groups excluding carboxylic acids is 1. The molecule has 1 aromatic carbocycles. The van der Waals surface area contributed by atoms with E-state index in [1.165, 1.54) is 4.90 Å². The number of nitrogens with one attached hydrogen (secondary N) is 3. The van der Waals surface area contributed by atoms with Crippen molar-refractivity contribution in [3.8, 4) is 0 Å². The Balaban J connectivity index is 1.27. The summed E-state index contributed by atoms with van der Waals surface area (Å²) < 4.78 is 39.2. The highest BCUT2D eigenvalue weighted by atomic mass is 19.4. The van der Waals surface area contributed by atoms with E-state index in [9.17, 15) is 18.0 Å². The van der Waals surface area contributed by atoms with Crippen molar-refractivity contribution in [2.75, 3.05) is 30.3 Å². The number of fused-ring (bicyclic) bond motifs is 1. The minimum absolute atomic E-state index is 0.266. The molecule has 0 saturated carbocycles. The van der Waals surface area contributed by atoms with Crippen LogP contribution in [-0.2, 0) is 6.54 Å². The molecule has 3 aromatic rings. The molecule has 1 fully saturated rings. The van der Waals surface area contributed by atoms with Gasteiger partial charge in [-0.1, -0.05) is 18.2 Å². The molecule has 1 aliphatic heterocycles. The minimum atomic E-state index is -4.15. The second-order valence-electron chi connectivity index (χ2n) is 7.61. The fourth-order valence-corrected chi connectivity index (χ4v) is 3.83. The standard InChI is InChI=1S/C20H23F3N6O/c21-20(22,23)13-28-7-5-14(6-8-28)11-29-12-15(9-25-29)26-19(30)27-18-10-24-17-4-2-1-3-16(17)18/h1-4,9-10,12,14,24H,5-8,11,13H2,(H2,26,27,30). The molecular formula is C20H23F3N6O. The molecule has 0 atom stereocenters. The number of aromatic amines is 1. The van der Waals surface area contributed by atoms with Crippen LogP contribution < -0.4 is 10.6 Å². The van der Waals surface area contributed by atoms with Crippen LogP contribution in [0.4, 0.5) is 29.3 Å². The first-order valence-corrected chi connectivity index (χ1v) is 9.81. The first kappa shape index (κ1) is 20.3. The highest BCUT2D eigenvalue weighted by molar-refractivity contribution is 6.05. The molecule has 30 heavy (non-hydrogen) atoms. The maximum Gasteiger partial charge on any atom is 0.401 e. The van der Waals surface area contributed by atoms with Crippen LogP contribution in [0.1, 0.15) is 12.8 Å². The van der Waals surface area contributed by atoms with Gasteiger partial charge in [0.15, 0.2) is 0 Å². The van der Waals surface area contributed by atoms with Gasteiger partial charge in [-0.3, -0.25) is 9.58 Å². The van der Waals surface area contributed by atoms with Gasteiger partial charge in [0.1, 0.15) is 0 Å². The van der Waals surface area contributed by atoms with Crippen LogP contribution in [0.5, 0.6) is 0 Å². The van der Waals surface area contributed by atoms with Gasteiger partial charge in [0, 0.05) is 29.8 Å². The zero-order valence-corrected chi connectivity index (χ0v) is 16.2. The molecule has 0 unspecified atom stereocenters. The Kier molecular flexibility index (Phi) is 5.67. The van der Waals surface area contributed by atoms with E-state index in [2.05, 4.69) is 20.7 Å². The number of amides is 2. The summed E-state index contributed by atoms with van der Waals surface area (Å²) in [7, 11) is 0. The van der Waals surface area contributed by atoms with Crippen LogP contribution in [0.2, 0.25) is 0 Å². The number of urea groups is 1. The molecule has 0 spiro atoms. The van der Waals surface area contributed by atoms with Crippen molar-refractivity contribution < 1.29 is 18.0 Å². The first-order chi connectivity index (χ1) is 14.4. The Morgan fingerprint density at radius 3 is 2.73 bits per heavy atom. The van der Waals surface area contributed by atoms with E-state index >= 15 is 0 Å². The maximum absolute atomic E-state index is 12.5. The SMILES string of the molecule is O=C(Nc1cnn(CC2CCN(CC(F)(F)F)CC2)c1)Nc1c[nH]c2ccccc12. The molecule has 0 radical (unpaired) electrons. The number of H-pyrrole nitrogens is 1. The number of aromatic nitrogens is 3. The van der Waals surface area contributed by atoms with E-state index in [-0.39, 0.29) is 11.9 Å². The summed E-state index contributed by atoms with van der Waals surface area (Å²) in [6.07, 6.45) is 2.27. The molecule has 10 heteroatoms. The van der Waals surface area contributed by atoms with Crippen LogP contribution >= 0.6 is 0 Å². The topological polar surface area (TPSA) is 78.0 Å². The van der Waals surface area contributed by atoms with Gasteiger partial charge >= 0.3 is 12.2 Å². The van der Waals surface area contributed by atoms with Gasteiger partial charge < -0.3 is 15.6 Å². The number of hydrogen-bond donors (Lipinski definition) is 3. The lowest BCUT2D eigenvalue weighted by molar-refractivity contribution is -0.148. The van der Waals surface area contributed by atoms with E-state index in [1.807, 2.05) is 24.3 Å². The van der Waals surface area contributed by atoms with Crippen molar-refractivity contribution in [1.29, 1.82) is 0 Å². The Labute approximate surface area is 171 Å². The third-order valence-corrected chi connectivity index (χ3v) is 5.28. The summed E-state index contributed by atoms with van der Waals surface area (Å²) in [4.78, 5) is 16.8. The number of alkyl halides is 3. The summed E-state index contributed by atoms with van der Waals surface area (Å²) in [6.45, 7) is 0.639. The molecule has 4 rings (SSSR count). The lowest BCUT2D eigenvalue weighted by Crippen LogP contribution is -2.40. The number of rotatable bonds is 5. The van der Waals surface area contributed by atoms with E-state index < -0.39 is 12.7 Å². The number of nitrogens with zero attached hydrogens (tertiary/aromatic N) is 3. The van der Waals surface area contributed by atoms with Gasteiger partial charge in [-0.2, -0.15) is 18.3 Å². The second kappa shape index (κ2) is 8.39. The molecule has 1 saturated heterocycles. The predicted octanol–water partition coefficient (Wildman–Crippen LogP) is 4.28. The molecule has 3 heterocycles. The number of hydrogen-bond acceptors (Lipinski definition) is 3. The summed E-state index contributed by atoms with van der Waals surface area (Å²) >= 11 is 0. The van der Waals surface area contributed by atoms with E-state index in [1.54, 1.807) is 23.3 Å². The Morgan fingerprint density at radius 2 is 1.97 bits per heavy atom. The highest BCUT2D eigenvalue weighted by Crippen LogP contribution is 2.24. The van der Waals surface area contributed by atoms with Gasteiger partial charge in [0.05, 0.1) is 24.1 Å². The van der Waals surface area contributed by atoms with Crippen molar-refractivity contribution in [3.63, 3.8) is 0 Å². The van der Waals surface area contributed by atoms with Crippen LogP contribution in [0.25, 0.3) is 10.9 Å². The fraction of sp³-hybridized carbons (Fsp3) is 0.400. The molecule has 3 N–H and O–H groups in total. The Bertz CT molecular complexity index is 1000. The lowest BCUT2D eigenvalue weighted by Gasteiger charge is -2.32. The Hall–Kier alpha value is -3.01. The average molecular weight is 420 g/mol. The van der Waals surface area contributed by atoms with Gasteiger partial charge in [0.2, 0.25) is 0 Å². The smallest absolute Gasteiger partial charge is 0.359 e. The van der Waals surface area contributed by atoms with Crippen molar-refractivity contribution in [3.05, 3.63) is 42.9 Å². The monoisotopic (exact) mass is 420 g/mol. The summed E-state index contributed by atoms with van der Waals surface area (Å²) in [5.74, 6) is 0.266. The molecule has 7 nitrogen and oxygen atoms in total. The van der Waals surface area contributed by atoms with Crippen molar-refractivity contribution in [2.24, 2.45) is 5.92 Å². The summed E-state index contributed by atoms with van der Waals surface area (Å²) in [5.41, 5.74) is 2.17. The van der Waals surface area contributed by atoms with Gasteiger partial charge in [-0.15, -0.1) is 0 Å². The number of benzene rings is 1. The van der Waals surface area contributed by atoms with Gasteiger partial charge in [-0.05, 0) is 37.9 Å². The van der Waals surface area contributed by atoms with Crippen LogP contribution in [0, 0.1) is 5.92 Å².